The predicted molar refractivity (Wildman–Crippen MR) is 76.5 cm³/mol. The average Bonchev–Trinajstić information content (AvgIpc) is 2.64. The number of nitrogens with one attached hydrogen (secondary N) is 1. The second-order valence-electron chi connectivity index (χ2n) is 5.37. The molecule has 1 atom stereocenters. The number of thiazole rings is 1. The highest BCUT2D eigenvalue weighted by atomic mass is 32.1. The fourth-order valence-electron chi connectivity index (χ4n) is 2.12. The number of carbonyl (C=O) groups is 1. The van der Waals surface area contributed by atoms with E-state index in [2.05, 4.69) is 38.0 Å². The summed E-state index contributed by atoms with van der Waals surface area (Å²) in [6.45, 7) is 10.2. The molecule has 102 valence electrons. The molecule has 18 heavy (non-hydrogen) atoms. The van der Waals surface area contributed by atoms with Crippen LogP contribution < -0.4 is 11.1 Å². The molecule has 0 fully saturated rings. The molecule has 1 aromatic heterocycles. The standard InChI is InChI=1S/C13H23N3OS/c1-7(2)11(8(3)4)12(17)16-13-15-10(6-18-13)9(5)14/h6-9,11H,14H2,1-5H3,(H,15,16,17). The number of carbonyl (C=O) groups excluding carboxylic acids is 1. The highest BCUT2D eigenvalue weighted by Crippen LogP contribution is 2.24. The molecule has 1 unspecified atom stereocenters. The minimum atomic E-state index is -0.0992. The van der Waals surface area contributed by atoms with E-state index in [1.807, 2.05) is 12.3 Å². The van der Waals surface area contributed by atoms with Gasteiger partial charge in [0.15, 0.2) is 5.13 Å². The van der Waals surface area contributed by atoms with E-state index in [-0.39, 0.29) is 17.9 Å². The van der Waals surface area contributed by atoms with Gasteiger partial charge in [-0.05, 0) is 18.8 Å². The molecular weight excluding hydrogens is 246 g/mol. The molecule has 0 aliphatic rings. The Morgan fingerprint density at radius 1 is 1.28 bits per heavy atom. The van der Waals surface area contributed by atoms with E-state index in [0.717, 1.165) is 5.69 Å². The number of nitrogens with two attached hydrogens (primary N) is 1. The van der Waals surface area contributed by atoms with Crippen molar-refractivity contribution in [2.75, 3.05) is 5.32 Å². The predicted octanol–water partition coefficient (Wildman–Crippen LogP) is 3.03. The first-order valence-corrected chi connectivity index (χ1v) is 7.22. The van der Waals surface area contributed by atoms with Crippen molar-refractivity contribution >= 4 is 22.4 Å². The first-order chi connectivity index (χ1) is 8.32. The van der Waals surface area contributed by atoms with Crippen LogP contribution in [-0.2, 0) is 4.79 Å². The Kier molecular flexibility index (Phi) is 5.28. The first-order valence-electron chi connectivity index (χ1n) is 6.34. The summed E-state index contributed by atoms with van der Waals surface area (Å²) in [5.74, 6) is 0.689. The van der Waals surface area contributed by atoms with Gasteiger partial charge in [0.2, 0.25) is 5.91 Å². The van der Waals surface area contributed by atoms with Crippen molar-refractivity contribution in [2.45, 2.75) is 40.7 Å². The van der Waals surface area contributed by atoms with Crippen LogP contribution in [0, 0.1) is 17.8 Å². The number of rotatable bonds is 5. The summed E-state index contributed by atoms with van der Waals surface area (Å²) in [7, 11) is 0. The highest BCUT2D eigenvalue weighted by molar-refractivity contribution is 7.13. The van der Waals surface area contributed by atoms with Crippen LogP contribution in [0.4, 0.5) is 5.13 Å². The Balaban J connectivity index is 2.73. The molecule has 0 saturated carbocycles. The highest BCUT2D eigenvalue weighted by Gasteiger charge is 2.26. The SMILES string of the molecule is CC(N)c1csc(NC(=O)C(C(C)C)C(C)C)n1. The zero-order chi connectivity index (χ0) is 13.9. The fourth-order valence-corrected chi connectivity index (χ4v) is 2.93. The third kappa shape index (κ3) is 3.78. The fraction of sp³-hybridized carbons (Fsp3) is 0.692. The lowest BCUT2D eigenvalue weighted by Crippen LogP contribution is -2.31. The van der Waals surface area contributed by atoms with Gasteiger partial charge in [0.05, 0.1) is 5.69 Å². The summed E-state index contributed by atoms with van der Waals surface area (Å²) in [6.07, 6.45) is 0. The average molecular weight is 269 g/mol. The quantitative estimate of drug-likeness (QED) is 0.863. The van der Waals surface area contributed by atoms with E-state index >= 15 is 0 Å². The van der Waals surface area contributed by atoms with Crippen molar-refractivity contribution in [3.8, 4) is 0 Å². The molecule has 0 bridgehead atoms. The third-order valence-electron chi connectivity index (χ3n) is 2.96. The van der Waals surface area contributed by atoms with Crippen molar-refractivity contribution in [1.82, 2.24) is 4.98 Å². The van der Waals surface area contributed by atoms with Gasteiger partial charge in [-0.1, -0.05) is 27.7 Å². The largest absolute Gasteiger partial charge is 0.323 e. The van der Waals surface area contributed by atoms with Crippen molar-refractivity contribution in [3.63, 3.8) is 0 Å². The van der Waals surface area contributed by atoms with Crippen LogP contribution in [0.2, 0.25) is 0 Å². The maximum Gasteiger partial charge on any atom is 0.229 e. The van der Waals surface area contributed by atoms with Crippen LogP contribution >= 0.6 is 11.3 Å². The number of nitrogens with zero attached hydrogens (tertiary/aromatic N) is 1. The van der Waals surface area contributed by atoms with Crippen molar-refractivity contribution in [2.24, 2.45) is 23.5 Å². The minimum absolute atomic E-state index is 0.00708. The first kappa shape index (κ1) is 15.1. The van der Waals surface area contributed by atoms with Gasteiger partial charge in [-0.2, -0.15) is 0 Å². The molecule has 0 spiro atoms. The second kappa shape index (κ2) is 6.29. The van der Waals surface area contributed by atoms with Gasteiger partial charge in [0, 0.05) is 17.3 Å². The summed E-state index contributed by atoms with van der Waals surface area (Å²) in [6, 6.07) is -0.0992. The van der Waals surface area contributed by atoms with Gasteiger partial charge in [0.25, 0.3) is 0 Å². The monoisotopic (exact) mass is 269 g/mol. The van der Waals surface area contributed by atoms with Crippen LogP contribution in [0.5, 0.6) is 0 Å². The maximum atomic E-state index is 12.2. The van der Waals surface area contributed by atoms with Gasteiger partial charge in [-0.3, -0.25) is 4.79 Å². The molecule has 0 saturated heterocycles. The van der Waals surface area contributed by atoms with E-state index in [1.165, 1.54) is 11.3 Å². The summed E-state index contributed by atoms with van der Waals surface area (Å²) in [4.78, 5) is 16.5. The number of anilines is 1. The molecule has 3 N–H and O–H groups in total. The Hall–Kier alpha value is -0.940. The molecule has 0 radical (unpaired) electrons. The lowest BCUT2D eigenvalue weighted by molar-refractivity contribution is -0.122. The van der Waals surface area contributed by atoms with Crippen LogP contribution in [0.3, 0.4) is 0 Å². The molecule has 1 amide bonds. The van der Waals surface area contributed by atoms with Crippen molar-refractivity contribution < 1.29 is 4.79 Å². The van der Waals surface area contributed by atoms with Crippen LogP contribution in [-0.4, -0.2) is 10.9 Å². The zero-order valence-corrected chi connectivity index (χ0v) is 12.5. The number of hydrogen-bond donors (Lipinski definition) is 2. The lowest BCUT2D eigenvalue weighted by atomic mass is 9.85. The molecule has 0 aliphatic heterocycles. The van der Waals surface area contributed by atoms with Gasteiger partial charge in [-0.15, -0.1) is 11.3 Å². The molecule has 1 rings (SSSR count). The third-order valence-corrected chi connectivity index (χ3v) is 3.73. The van der Waals surface area contributed by atoms with Gasteiger partial charge in [0.1, 0.15) is 0 Å². The molecule has 0 aliphatic carbocycles. The van der Waals surface area contributed by atoms with Crippen molar-refractivity contribution in [3.05, 3.63) is 11.1 Å². The normalized spacial score (nSPS) is 13.4. The maximum absolute atomic E-state index is 12.2. The van der Waals surface area contributed by atoms with E-state index < -0.39 is 0 Å². The lowest BCUT2D eigenvalue weighted by Gasteiger charge is -2.23. The topological polar surface area (TPSA) is 68.0 Å². The smallest absolute Gasteiger partial charge is 0.229 e. The van der Waals surface area contributed by atoms with E-state index in [1.54, 1.807) is 0 Å². The molecular formula is C13H23N3OS. The van der Waals surface area contributed by atoms with Gasteiger partial charge in [-0.25, -0.2) is 4.98 Å². The van der Waals surface area contributed by atoms with Crippen molar-refractivity contribution in [1.29, 1.82) is 0 Å². The zero-order valence-electron chi connectivity index (χ0n) is 11.7. The number of hydrogen-bond acceptors (Lipinski definition) is 4. The van der Waals surface area contributed by atoms with Crippen LogP contribution in [0.25, 0.3) is 0 Å². The summed E-state index contributed by atoms with van der Waals surface area (Å²) >= 11 is 1.42. The number of amides is 1. The summed E-state index contributed by atoms with van der Waals surface area (Å²) in [5, 5.41) is 5.42. The minimum Gasteiger partial charge on any atom is -0.323 e. The van der Waals surface area contributed by atoms with E-state index in [0.29, 0.717) is 17.0 Å². The Bertz CT molecular complexity index is 391. The Morgan fingerprint density at radius 3 is 2.22 bits per heavy atom. The summed E-state index contributed by atoms with van der Waals surface area (Å²) < 4.78 is 0. The molecule has 5 heteroatoms. The van der Waals surface area contributed by atoms with Crippen LogP contribution in [0.15, 0.2) is 5.38 Å². The van der Waals surface area contributed by atoms with E-state index in [9.17, 15) is 4.79 Å². The van der Waals surface area contributed by atoms with Crippen LogP contribution in [0.1, 0.15) is 46.4 Å². The second-order valence-corrected chi connectivity index (χ2v) is 6.23. The molecule has 4 nitrogen and oxygen atoms in total. The van der Waals surface area contributed by atoms with Gasteiger partial charge < -0.3 is 11.1 Å². The Morgan fingerprint density at radius 2 is 1.83 bits per heavy atom. The van der Waals surface area contributed by atoms with E-state index in [4.69, 9.17) is 5.73 Å². The summed E-state index contributed by atoms with van der Waals surface area (Å²) in [5.41, 5.74) is 6.57. The Labute approximate surface area is 113 Å². The number of aromatic nitrogens is 1. The van der Waals surface area contributed by atoms with Gasteiger partial charge >= 0.3 is 0 Å². The molecule has 1 heterocycles. The molecule has 0 aromatic carbocycles. The molecule has 1 aromatic rings.